The largest absolute Gasteiger partial charge is 0.496 e. The molecule has 1 unspecified atom stereocenters. The van der Waals surface area contributed by atoms with Crippen molar-refractivity contribution in [1.82, 2.24) is 10.7 Å². The lowest BCUT2D eigenvalue weighted by Gasteiger charge is -2.20. The van der Waals surface area contributed by atoms with Gasteiger partial charge in [0.15, 0.2) is 0 Å². The van der Waals surface area contributed by atoms with E-state index in [1.54, 1.807) is 25.3 Å². The summed E-state index contributed by atoms with van der Waals surface area (Å²) in [7, 11) is 1.55. The Labute approximate surface area is 173 Å². The lowest BCUT2D eigenvalue weighted by Crippen LogP contribution is -2.48. The third-order valence-electron chi connectivity index (χ3n) is 3.93. The number of carbonyl (C=O) groups is 2. The summed E-state index contributed by atoms with van der Waals surface area (Å²) in [5, 5.41) is 7.28. The molecule has 2 amide bonds. The van der Waals surface area contributed by atoms with E-state index in [-0.39, 0.29) is 10.9 Å². The first kappa shape index (κ1) is 21.7. The summed E-state index contributed by atoms with van der Waals surface area (Å²) in [6.07, 6.45) is 1.48. The van der Waals surface area contributed by atoms with E-state index in [1.807, 2.05) is 26.0 Å². The highest BCUT2D eigenvalue weighted by molar-refractivity contribution is 6.42. The van der Waals surface area contributed by atoms with Crippen LogP contribution < -0.4 is 15.5 Å². The molecular formula is C20H21Cl2N3O3. The number of hydrogen-bond donors (Lipinski definition) is 2. The van der Waals surface area contributed by atoms with Gasteiger partial charge in [-0.25, -0.2) is 5.43 Å². The fourth-order valence-corrected chi connectivity index (χ4v) is 2.70. The number of hydrogen-bond acceptors (Lipinski definition) is 4. The average Bonchev–Trinajstić information content (AvgIpc) is 2.68. The van der Waals surface area contributed by atoms with Crippen molar-refractivity contribution in [1.29, 1.82) is 0 Å². The van der Waals surface area contributed by atoms with Gasteiger partial charge < -0.3 is 10.1 Å². The summed E-state index contributed by atoms with van der Waals surface area (Å²) in [4.78, 5) is 25.0. The van der Waals surface area contributed by atoms with Gasteiger partial charge in [-0.3, -0.25) is 9.59 Å². The quantitative estimate of drug-likeness (QED) is 0.525. The number of rotatable bonds is 7. The minimum absolute atomic E-state index is 0.159. The molecule has 0 heterocycles. The molecule has 28 heavy (non-hydrogen) atoms. The summed E-state index contributed by atoms with van der Waals surface area (Å²) < 4.78 is 5.23. The zero-order chi connectivity index (χ0) is 20.7. The van der Waals surface area contributed by atoms with Gasteiger partial charge in [-0.2, -0.15) is 5.10 Å². The predicted octanol–water partition coefficient (Wildman–Crippen LogP) is 3.91. The predicted molar refractivity (Wildman–Crippen MR) is 111 cm³/mol. The Morgan fingerprint density at radius 3 is 2.46 bits per heavy atom. The van der Waals surface area contributed by atoms with Crippen LogP contribution in [0.4, 0.5) is 0 Å². The number of para-hydroxylation sites is 1. The fraction of sp³-hybridized carbons (Fsp3) is 0.250. The molecule has 0 saturated carbocycles. The molecule has 0 fully saturated rings. The average molecular weight is 422 g/mol. The molecule has 0 radical (unpaired) electrons. The standard InChI is InChI=1S/C20H21Cl2N3O3/c1-12(2)18(24-19(26)13-8-9-15(21)16(22)10-13)20(27)25-23-11-14-6-4-5-7-17(14)28-3/h4-12,18H,1-3H3,(H,24,26)(H,25,27)/b23-11-. The van der Waals surface area contributed by atoms with Crippen LogP contribution in [0.5, 0.6) is 5.75 Å². The molecule has 8 heteroatoms. The van der Waals surface area contributed by atoms with Gasteiger partial charge in [-0.1, -0.05) is 49.2 Å². The molecule has 6 nitrogen and oxygen atoms in total. The molecule has 0 aliphatic carbocycles. The Morgan fingerprint density at radius 2 is 1.82 bits per heavy atom. The third kappa shape index (κ3) is 5.71. The Balaban J connectivity index is 2.06. The van der Waals surface area contributed by atoms with Crippen LogP contribution in [-0.2, 0) is 4.79 Å². The van der Waals surface area contributed by atoms with E-state index >= 15 is 0 Å². The summed E-state index contributed by atoms with van der Waals surface area (Å²) in [6.45, 7) is 3.65. The number of amides is 2. The van der Waals surface area contributed by atoms with Gasteiger partial charge in [-0.05, 0) is 36.2 Å². The molecule has 0 aliphatic rings. The highest BCUT2D eigenvalue weighted by Crippen LogP contribution is 2.22. The van der Waals surface area contributed by atoms with Crippen LogP contribution in [0.1, 0.15) is 29.8 Å². The van der Waals surface area contributed by atoms with E-state index in [1.165, 1.54) is 18.3 Å². The first-order valence-electron chi connectivity index (χ1n) is 8.55. The second kappa shape index (κ2) is 10.1. The fourth-order valence-electron chi connectivity index (χ4n) is 2.40. The first-order chi connectivity index (χ1) is 13.3. The number of nitrogens with one attached hydrogen (secondary N) is 2. The number of methoxy groups -OCH3 is 1. The summed E-state index contributed by atoms with van der Waals surface area (Å²) in [6, 6.07) is 11.0. The number of carbonyl (C=O) groups excluding carboxylic acids is 2. The number of nitrogens with zero attached hydrogens (tertiary/aromatic N) is 1. The lowest BCUT2D eigenvalue weighted by molar-refractivity contribution is -0.123. The Kier molecular flexibility index (Phi) is 7.84. The lowest BCUT2D eigenvalue weighted by atomic mass is 10.0. The smallest absolute Gasteiger partial charge is 0.262 e. The number of benzene rings is 2. The molecule has 2 aromatic rings. The molecule has 2 N–H and O–H groups in total. The molecular weight excluding hydrogens is 401 g/mol. The van der Waals surface area contributed by atoms with Crippen LogP contribution in [0.15, 0.2) is 47.6 Å². The molecule has 2 aromatic carbocycles. The minimum Gasteiger partial charge on any atom is -0.496 e. The minimum atomic E-state index is -0.781. The van der Waals surface area contributed by atoms with Crippen LogP contribution in [0.3, 0.4) is 0 Å². The van der Waals surface area contributed by atoms with Crippen molar-refractivity contribution in [3.05, 3.63) is 63.6 Å². The molecule has 0 aliphatic heterocycles. The van der Waals surface area contributed by atoms with E-state index in [9.17, 15) is 9.59 Å². The van der Waals surface area contributed by atoms with Crippen molar-refractivity contribution < 1.29 is 14.3 Å². The SMILES string of the molecule is COc1ccccc1/C=N\NC(=O)C(NC(=O)c1ccc(Cl)c(Cl)c1)C(C)C. The van der Waals surface area contributed by atoms with Gasteiger partial charge in [0.25, 0.3) is 11.8 Å². The molecule has 2 rings (SSSR count). The van der Waals surface area contributed by atoms with Crippen LogP contribution in [0.25, 0.3) is 0 Å². The maximum atomic E-state index is 12.5. The molecule has 0 aromatic heterocycles. The molecule has 0 saturated heterocycles. The topological polar surface area (TPSA) is 79.8 Å². The highest BCUT2D eigenvalue weighted by Gasteiger charge is 2.24. The van der Waals surface area contributed by atoms with Crippen molar-refractivity contribution in [3.63, 3.8) is 0 Å². The van der Waals surface area contributed by atoms with Crippen molar-refractivity contribution in [2.45, 2.75) is 19.9 Å². The summed E-state index contributed by atoms with van der Waals surface area (Å²) in [5.41, 5.74) is 3.48. The molecule has 148 valence electrons. The second-order valence-corrected chi connectivity index (χ2v) is 7.11. The Hall–Kier alpha value is -2.57. The van der Waals surface area contributed by atoms with Gasteiger partial charge in [0.1, 0.15) is 11.8 Å². The maximum Gasteiger partial charge on any atom is 0.262 e. The molecule has 0 bridgehead atoms. The highest BCUT2D eigenvalue weighted by atomic mass is 35.5. The van der Waals surface area contributed by atoms with Crippen LogP contribution in [0, 0.1) is 5.92 Å². The summed E-state index contributed by atoms with van der Waals surface area (Å²) >= 11 is 11.8. The number of halogens is 2. The van der Waals surface area contributed by atoms with Gasteiger partial charge in [-0.15, -0.1) is 0 Å². The molecule has 0 spiro atoms. The van der Waals surface area contributed by atoms with E-state index in [0.29, 0.717) is 21.9 Å². The first-order valence-corrected chi connectivity index (χ1v) is 9.31. The third-order valence-corrected chi connectivity index (χ3v) is 4.67. The zero-order valence-electron chi connectivity index (χ0n) is 15.7. The molecule has 1 atom stereocenters. The van der Waals surface area contributed by atoms with Crippen LogP contribution >= 0.6 is 23.2 Å². The van der Waals surface area contributed by atoms with E-state index < -0.39 is 17.9 Å². The van der Waals surface area contributed by atoms with Crippen molar-refractivity contribution in [2.24, 2.45) is 11.0 Å². The van der Waals surface area contributed by atoms with Crippen molar-refractivity contribution in [3.8, 4) is 5.75 Å². The van der Waals surface area contributed by atoms with Crippen molar-refractivity contribution >= 4 is 41.2 Å². The van der Waals surface area contributed by atoms with Crippen molar-refractivity contribution in [2.75, 3.05) is 7.11 Å². The van der Waals surface area contributed by atoms with Gasteiger partial charge >= 0.3 is 0 Å². The maximum absolute atomic E-state index is 12.5. The van der Waals surface area contributed by atoms with Gasteiger partial charge in [0.2, 0.25) is 0 Å². The van der Waals surface area contributed by atoms with Gasteiger partial charge in [0.05, 0.1) is 23.4 Å². The Morgan fingerprint density at radius 1 is 1.11 bits per heavy atom. The number of ether oxygens (including phenoxy) is 1. The van der Waals surface area contributed by atoms with Crippen LogP contribution in [0.2, 0.25) is 10.0 Å². The normalized spacial score (nSPS) is 12.1. The number of hydrazone groups is 1. The monoisotopic (exact) mass is 421 g/mol. The Bertz CT molecular complexity index is 885. The zero-order valence-corrected chi connectivity index (χ0v) is 17.2. The van der Waals surface area contributed by atoms with E-state index in [0.717, 1.165) is 0 Å². The van der Waals surface area contributed by atoms with E-state index in [2.05, 4.69) is 15.8 Å². The second-order valence-electron chi connectivity index (χ2n) is 6.30. The van der Waals surface area contributed by atoms with E-state index in [4.69, 9.17) is 27.9 Å². The van der Waals surface area contributed by atoms with Crippen LogP contribution in [-0.4, -0.2) is 31.2 Å². The van der Waals surface area contributed by atoms with Gasteiger partial charge in [0, 0.05) is 11.1 Å². The summed E-state index contributed by atoms with van der Waals surface area (Å²) in [5.74, 6) is -0.391.